The third kappa shape index (κ3) is 3.70. The molecule has 1 aromatic carbocycles. The summed E-state index contributed by atoms with van der Waals surface area (Å²) in [6.07, 6.45) is 8.98. The van der Waals surface area contributed by atoms with Crippen molar-refractivity contribution in [3.63, 3.8) is 0 Å². The van der Waals surface area contributed by atoms with Crippen LogP contribution in [0.4, 0.5) is 4.79 Å². The molecule has 2 amide bonds. The fourth-order valence-corrected chi connectivity index (χ4v) is 4.25. The Balaban J connectivity index is 1.47. The molecule has 1 aromatic rings. The van der Waals surface area contributed by atoms with Gasteiger partial charge in [-0.25, -0.2) is 4.79 Å². The van der Waals surface area contributed by atoms with Crippen LogP contribution in [0.15, 0.2) is 18.2 Å². The molecule has 1 saturated heterocycles. The van der Waals surface area contributed by atoms with Crippen molar-refractivity contribution >= 4 is 6.03 Å². The highest BCUT2D eigenvalue weighted by Crippen LogP contribution is 2.38. The lowest BCUT2D eigenvalue weighted by Crippen LogP contribution is -2.45. The first-order valence-electron chi connectivity index (χ1n) is 9.78. The minimum absolute atomic E-state index is 0.0986. The molecule has 0 aromatic heterocycles. The molecular weight excluding hydrogens is 316 g/mol. The van der Waals surface area contributed by atoms with Gasteiger partial charge in [0.15, 0.2) is 11.5 Å². The smallest absolute Gasteiger partial charge is 0.318 e. The zero-order valence-corrected chi connectivity index (χ0v) is 14.8. The van der Waals surface area contributed by atoms with Gasteiger partial charge >= 0.3 is 6.03 Å². The van der Waals surface area contributed by atoms with Gasteiger partial charge in [0.05, 0.1) is 19.3 Å². The van der Waals surface area contributed by atoms with Gasteiger partial charge in [-0.1, -0.05) is 25.3 Å². The van der Waals surface area contributed by atoms with Crippen molar-refractivity contribution in [2.45, 2.75) is 63.5 Å². The van der Waals surface area contributed by atoms with E-state index in [-0.39, 0.29) is 12.1 Å². The van der Waals surface area contributed by atoms with Crippen molar-refractivity contribution < 1.29 is 14.3 Å². The van der Waals surface area contributed by atoms with Crippen LogP contribution in [0.25, 0.3) is 0 Å². The number of amides is 2. The minimum atomic E-state index is 0.0986. The van der Waals surface area contributed by atoms with Crippen LogP contribution in [0.3, 0.4) is 0 Å². The number of carbonyl (C=O) groups is 1. The number of fused-ring (bicyclic) bond motifs is 1. The average molecular weight is 344 g/mol. The molecule has 0 radical (unpaired) electrons. The molecule has 1 atom stereocenters. The van der Waals surface area contributed by atoms with Gasteiger partial charge in [-0.2, -0.15) is 0 Å². The van der Waals surface area contributed by atoms with E-state index in [1.54, 1.807) is 0 Å². The number of urea groups is 1. The highest BCUT2D eigenvalue weighted by Gasteiger charge is 2.32. The second-order valence-corrected chi connectivity index (χ2v) is 7.39. The monoisotopic (exact) mass is 344 g/mol. The summed E-state index contributed by atoms with van der Waals surface area (Å²) in [5.41, 5.74) is 1.15. The Morgan fingerprint density at radius 1 is 0.960 bits per heavy atom. The van der Waals surface area contributed by atoms with E-state index in [9.17, 15) is 4.79 Å². The number of ether oxygens (including phenoxy) is 2. The molecule has 2 fully saturated rings. The van der Waals surface area contributed by atoms with Gasteiger partial charge in [0.25, 0.3) is 0 Å². The number of carbonyl (C=O) groups excluding carboxylic acids is 1. The molecule has 3 aliphatic rings. The van der Waals surface area contributed by atoms with Crippen molar-refractivity contribution in [2.24, 2.45) is 0 Å². The second-order valence-electron chi connectivity index (χ2n) is 7.39. The molecule has 2 aliphatic heterocycles. The molecule has 0 unspecified atom stereocenters. The Hall–Kier alpha value is -1.91. The fraction of sp³-hybridized carbons (Fsp3) is 0.650. The van der Waals surface area contributed by atoms with E-state index in [1.165, 1.54) is 19.3 Å². The summed E-state index contributed by atoms with van der Waals surface area (Å²) in [6, 6.07) is 6.74. The molecular formula is C20H28N2O3. The maximum Gasteiger partial charge on any atom is 0.318 e. The van der Waals surface area contributed by atoms with Crippen LogP contribution < -0.4 is 14.8 Å². The zero-order valence-electron chi connectivity index (χ0n) is 14.8. The summed E-state index contributed by atoms with van der Waals surface area (Å²) in [4.78, 5) is 14.8. The zero-order chi connectivity index (χ0) is 17.1. The normalized spacial score (nSPS) is 24.0. The maximum atomic E-state index is 12.8. The van der Waals surface area contributed by atoms with Crippen LogP contribution in [0.2, 0.25) is 0 Å². The van der Waals surface area contributed by atoms with E-state index < -0.39 is 0 Å². The van der Waals surface area contributed by atoms with Gasteiger partial charge in [-0.3, -0.25) is 0 Å². The molecule has 25 heavy (non-hydrogen) atoms. The highest BCUT2D eigenvalue weighted by molar-refractivity contribution is 5.75. The SMILES string of the molecule is O=C(NC1CCCCC1)N1CCC[C@H]1c1ccc2c(c1)OCCCO2. The van der Waals surface area contributed by atoms with Crippen LogP contribution in [0.1, 0.15) is 63.0 Å². The van der Waals surface area contributed by atoms with Gasteiger partial charge in [0.1, 0.15) is 0 Å². The standard InChI is InChI=1S/C20H28N2O3/c23-20(21-16-6-2-1-3-7-16)22-11-4-8-17(22)15-9-10-18-19(14-15)25-13-5-12-24-18/h9-10,14,16-17H,1-8,11-13H2,(H,21,23)/t17-/m0/s1. The van der Waals surface area contributed by atoms with Crippen LogP contribution in [-0.4, -0.2) is 36.7 Å². The Kier molecular flexibility index (Phi) is 4.99. The molecule has 1 N–H and O–H groups in total. The van der Waals surface area contributed by atoms with Crippen LogP contribution in [-0.2, 0) is 0 Å². The molecule has 136 valence electrons. The summed E-state index contributed by atoms with van der Waals surface area (Å²) in [7, 11) is 0. The Bertz CT molecular complexity index is 613. The Morgan fingerprint density at radius 2 is 1.76 bits per heavy atom. The average Bonchev–Trinajstić information content (AvgIpc) is 3.01. The van der Waals surface area contributed by atoms with Gasteiger partial charge in [-0.05, 0) is 43.4 Å². The predicted octanol–water partition coefficient (Wildman–Crippen LogP) is 4.03. The van der Waals surface area contributed by atoms with E-state index in [0.29, 0.717) is 19.3 Å². The number of nitrogens with zero attached hydrogens (tertiary/aromatic N) is 1. The molecule has 4 rings (SSSR count). The summed E-state index contributed by atoms with van der Waals surface area (Å²) in [6.45, 7) is 2.22. The molecule has 1 saturated carbocycles. The van der Waals surface area contributed by atoms with Crippen molar-refractivity contribution in [3.8, 4) is 11.5 Å². The van der Waals surface area contributed by atoms with Crippen LogP contribution in [0, 0.1) is 0 Å². The molecule has 5 heteroatoms. The minimum Gasteiger partial charge on any atom is -0.490 e. The third-order valence-corrected chi connectivity index (χ3v) is 5.60. The van der Waals surface area contributed by atoms with Gasteiger partial charge in [-0.15, -0.1) is 0 Å². The molecule has 5 nitrogen and oxygen atoms in total. The topological polar surface area (TPSA) is 50.8 Å². The number of hydrogen-bond acceptors (Lipinski definition) is 3. The van der Waals surface area contributed by atoms with Crippen molar-refractivity contribution in [1.82, 2.24) is 10.2 Å². The first kappa shape index (κ1) is 16.6. The van der Waals surface area contributed by atoms with Gasteiger partial charge in [0, 0.05) is 19.0 Å². The summed E-state index contributed by atoms with van der Waals surface area (Å²) >= 11 is 0. The van der Waals surface area contributed by atoms with Gasteiger partial charge < -0.3 is 19.7 Å². The number of hydrogen-bond donors (Lipinski definition) is 1. The van der Waals surface area contributed by atoms with Gasteiger partial charge in [0.2, 0.25) is 0 Å². The summed E-state index contributed by atoms with van der Waals surface area (Å²) in [5.74, 6) is 1.63. The molecule has 0 spiro atoms. The quantitative estimate of drug-likeness (QED) is 0.881. The first-order valence-corrected chi connectivity index (χ1v) is 9.78. The molecule has 1 aliphatic carbocycles. The van der Waals surface area contributed by atoms with Crippen LogP contribution >= 0.6 is 0 Å². The summed E-state index contributed by atoms with van der Waals surface area (Å²) in [5, 5.41) is 3.26. The predicted molar refractivity (Wildman–Crippen MR) is 96.1 cm³/mol. The fourth-order valence-electron chi connectivity index (χ4n) is 4.25. The van der Waals surface area contributed by atoms with E-state index in [2.05, 4.69) is 17.4 Å². The lowest BCUT2D eigenvalue weighted by Gasteiger charge is -2.30. The van der Waals surface area contributed by atoms with Crippen LogP contribution in [0.5, 0.6) is 11.5 Å². The summed E-state index contributed by atoms with van der Waals surface area (Å²) < 4.78 is 11.5. The molecule has 2 heterocycles. The van der Waals surface area contributed by atoms with Crippen molar-refractivity contribution in [3.05, 3.63) is 23.8 Å². The third-order valence-electron chi connectivity index (χ3n) is 5.60. The lowest BCUT2D eigenvalue weighted by molar-refractivity contribution is 0.185. The number of rotatable bonds is 2. The Labute approximate surface area is 149 Å². The number of likely N-dealkylation sites (tertiary alicyclic amines) is 1. The maximum absolute atomic E-state index is 12.8. The van der Waals surface area contributed by atoms with Crippen molar-refractivity contribution in [2.75, 3.05) is 19.8 Å². The second kappa shape index (κ2) is 7.54. The van der Waals surface area contributed by atoms with E-state index >= 15 is 0 Å². The van der Waals surface area contributed by atoms with E-state index in [0.717, 1.165) is 55.7 Å². The Morgan fingerprint density at radius 3 is 2.60 bits per heavy atom. The van der Waals surface area contributed by atoms with E-state index in [1.807, 2.05) is 11.0 Å². The number of nitrogens with one attached hydrogen (secondary N) is 1. The largest absolute Gasteiger partial charge is 0.490 e. The highest BCUT2D eigenvalue weighted by atomic mass is 16.5. The van der Waals surface area contributed by atoms with E-state index in [4.69, 9.17) is 9.47 Å². The molecule has 0 bridgehead atoms. The lowest BCUT2D eigenvalue weighted by atomic mass is 9.96. The number of benzene rings is 1. The first-order chi connectivity index (χ1) is 12.3. The van der Waals surface area contributed by atoms with Crippen molar-refractivity contribution in [1.29, 1.82) is 0 Å².